The summed E-state index contributed by atoms with van der Waals surface area (Å²) in [5.41, 5.74) is 0. The number of ether oxygens (including phenoxy) is 1. The van der Waals surface area contributed by atoms with Gasteiger partial charge >= 0.3 is 0 Å². The summed E-state index contributed by atoms with van der Waals surface area (Å²) < 4.78 is 5.39. The van der Waals surface area contributed by atoms with Crippen LogP contribution in [-0.4, -0.2) is 25.8 Å². The Hall–Kier alpha value is -0.0800. The van der Waals surface area contributed by atoms with Gasteiger partial charge < -0.3 is 10.1 Å². The van der Waals surface area contributed by atoms with Gasteiger partial charge in [-0.2, -0.15) is 0 Å². The van der Waals surface area contributed by atoms with Gasteiger partial charge in [0, 0.05) is 19.3 Å². The van der Waals surface area contributed by atoms with E-state index in [2.05, 4.69) is 12.2 Å². The van der Waals surface area contributed by atoms with Crippen molar-refractivity contribution in [2.45, 2.75) is 64.3 Å². The van der Waals surface area contributed by atoms with Crippen molar-refractivity contribution in [1.82, 2.24) is 5.32 Å². The van der Waals surface area contributed by atoms with Gasteiger partial charge in [0.1, 0.15) is 0 Å². The minimum atomic E-state index is 0.827. The van der Waals surface area contributed by atoms with Crippen molar-refractivity contribution in [1.29, 1.82) is 0 Å². The molecule has 1 aliphatic carbocycles. The summed E-state index contributed by atoms with van der Waals surface area (Å²) in [6, 6.07) is 0.827. The van der Waals surface area contributed by atoms with Crippen LogP contribution >= 0.6 is 0 Å². The van der Waals surface area contributed by atoms with Crippen LogP contribution in [0.4, 0.5) is 0 Å². The van der Waals surface area contributed by atoms with E-state index in [-0.39, 0.29) is 0 Å². The van der Waals surface area contributed by atoms with Crippen molar-refractivity contribution in [3.8, 4) is 0 Å². The molecule has 1 N–H and O–H groups in total. The zero-order valence-corrected chi connectivity index (χ0v) is 11.4. The molecule has 1 heterocycles. The van der Waals surface area contributed by atoms with E-state index in [9.17, 15) is 0 Å². The third-order valence-corrected chi connectivity index (χ3v) is 4.51. The Kier molecular flexibility index (Phi) is 5.79. The van der Waals surface area contributed by atoms with Crippen molar-refractivity contribution in [3.05, 3.63) is 0 Å². The molecule has 2 heteroatoms. The SMILES string of the molecule is CC1CCC(NCCCCC2CCOCC2)C1. The molecule has 2 unspecified atom stereocenters. The first kappa shape index (κ1) is 13.4. The van der Waals surface area contributed by atoms with Gasteiger partial charge in [-0.3, -0.25) is 0 Å². The summed E-state index contributed by atoms with van der Waals surface area (Å²) in [4.78, 5) is 0. The molecule has 2 atom stereocenters. The lowest BCUT2D eigenvalue weighted by molar-refractivity contribution is 0.0631. The van der Waals surface area contributed by atoms with Crippen molar-refractivity contribution in [2.75, 3.05) is 19.8 Å². The highest BCUT2D eigenvalue weighted by Gasteiger charge is 2.20. The molecule has 0 spiro atoms. The second-order valence-electron chi connectivity index (χ2n) is 6.12. The van der Waals surface area contributed by atoms with Crippen LogP contribution in [0, 0.1) is 11.8 Å². The fourth-order valence-electron chi connectivity index (χ4n) is 3.29. The van der Waals surface area contributed by atoms with Gasteiger partial charge in [-0.1, -0.05) is 19.8 Å². The van der Waals surface area contributed by atoms with Gasteiger partial charge in [-0.05, 0) is 56.9 Å². The zero-order valence-electron chi connectivity index (χ0n) is 11.4. The van der Waals surface area contributed by atoms with Gasteiger partial charge in [0.05, 0.1) is 0 Å². The summed E-state index contributed by atoms with van der Waals surface area (Å²) in [6.45, 7) is 5.62. The van der Waals surface area contributed by atoms with E-state index in [1.807, 2.05) is 0 Å². The predicted molar refractivity (Wildman–Crippen MR) is 72.2 cm³/mol. The molecule has 100 valence electrons. The van der Waals surface area contributed by atoms with E-state index in [0.717, 1.165) is 31.1 Å². The number of hydrogen-bond acceptors (Lipinski definition) is 2. The summed E-state index contributed by atoms with van der Waals surface area (Å²) in [5.74, 6) is 1.91. The molecular weight excluding hydrogens is 210 g/mol. The third kappa shape index (κ3) is 4.97. The molecular formula is C15H29NO. The molecule has 0 radical (unpaired) electrons. The highest BCUT2D eigenvalue weighted by molar-refractivity contribution is 4.78. The van der Waals surface area contributed by atoms with Crippen LogP contribution in [0.3, 0.4) is 0 Å². The number of unbranched alkanes of at least 4 members (excludes halogenated alkanes) is 1. The Morgan fingerprint density at radius 2 is 1.88 bits per heavy atom. The average Bonchev–Trinajstić information content (AvgIpc) is 2.76. The molecule has 0 bridgehead atoms. The molecule has 1 saturated carbocycles. The molecule has 2 nitrogen and oxygen atoms in total. The normalized spacial score (nSPS) is 30.9. The molecule has 1 aliphatic heterocycles. The lowest BCUT2D eigenvalue weighted by Crippen LogP contribution is -2.27. The maximum Gasteiger partial charge on any atom is 0.0468 e. The van der Waals surface area contributed by atoms with Crippen LogP contribution in [-0.2, 0) is 4.74 Å². The third-order valence-electron chi connectivity index (χ3n) is 4.51. The maximum absolute atomic E-state index is 5.39. The summed E-state index contributed by atoms with van der Waals surface area (Å²) >= 11 is 0. The first-order valence-electron chi connectivity index (χ1n) is 7.65. The zero-order chi connectivity index (χ0) is 11.9. The van der Waals surface area contributed by atoms with Gasteiger partial charge in [0.25, 0.3) is 0 Å². The highest BCUT2D eigenvalue weighted by Crippen LogP contribution is 2.24. The Bertz CT molecular complexity index is 194. The fourth-order valence-corrected chi connectivity index (χ4v) is 3.29. The number of nitrogens with one attached hydrogen (secondary N) is 1. The van der Waals surface area contributed by atoms with Crippen molar-refractivity contribution in [3.63, 3.8) is 0 Å². The Labute approximate surface area is 107 Å². The van der Waals surface area contributed by atoms with Crippen LogP contribution in [0.15, 0.2) is 0 Å². The summed E-state index contributed by atoms with van der Waals surface area (Å²) in [6.07, 6.45) is 11.0. The molecule has 0 aromatic rings. The van der Waals surface area contributed by atoms with Gasteiger partial charge in [-0.15, -0.1) is 0 Å². The van der Waals surface area contributed by atoms with E-state index >= 15 is 0 Å². The lowest BCUT2D eigenvalue weighted by Gasteiger charge is -2.21. The largest absolute Gasteiger partial charge is 0.381 e. The molecule has 2 aliphatic rings. The van der Waals surface area contributed by atoms with E-state index in [4.69, 9.17) is 4.74 Å². The second-order valence-corrected chi connectivity index (χ2v) is 6.12. The molecule has 2 rings (SSSR count). The molecule has 0 aromatic heterocycles. The predicted octanol–water partition coefficient (Wildman–Crippen LogP) is 3.36. The standard InChI is InChI=1S/C15H29NO/c1-13-5-6-15(12-13)16-9-3-2-4-14-7-10-17-11-8-14/h13-16H,2-12H2,1H3. The van der Waals surface area contributed by atoms with Gasteiger partial charge in [-0.25, -0.2) is 0 Å². The summed E-state index contributed by atoms with van der Waals surface area (Å²) in [5, 5.41) is 3.73. The minimum absolute atomic E-state index is 0.827. The Balaban J connectivity index is 1.43. The Morgan fingerprint density at radius 3 is 2.59 bits per heavy atom. The van der Waals surface area contributed by atoms with Crippen LogP contribution in [0.25, 0.3) is 0 Å². The highest BCUT2D eigenvalue weighted by atomic mass is 16.5. The molecule has 0 aromatic carbocycles. The lowest BCUT2D eigenvalue weighted by atomic mass is 9.94. The second kappa shape index (κ2) is 7.38. The van der Waals surface area contributed by atoms with Crippen LogP contribution in [0.2, 0.25) is 0 Å². The van der Waals surface area contributed by atoms with Crippen molar-refractivity contribution < 1.29 is 4.74 Å². The van der Waals surface area contributed by atoms with E-state index in [0.29, 0.717) is 0 Å². The van der Waals surface area contributed by atoms with Crippen LogP contribution < -0.4 is 5.32 Å². The van der Waals surface area contributed by atoms with Gasteiger partial charge in [0.2, 0.25) is 0 Å². The molecule has 2 fully saturated rings. The molecule has 17 heavy (non-hydrogen) atoms. The van der Waals surface area contributed by atoms with E-state index < -0.39 is 0 Å². The summed E-state index contributed by atoms with van der Waals surface area (Å²) in [7, 11) is 0. The first-order chi connectivity index (χ1) is 8.34. The van der Waals surface area contributed by atoms with E-state index in [1.54, 1.807) is 0 Å². The topological polar surface area (TPSA) is 21.3 Å². The minimum Gasteiger partial charge on any atom is -0.381 e. The first-order valence-corrected chi connectivity index (χ1v) is 7.65. The smallest absolute Gasteiger partial charge is 0.0468 e. The Morgan fingerprint density at radius 1 is 1.06 bits per heavy atom. The fraction of sp³-hybridized carbons (Fsp3) is 1.00. The quantitative estimate of drug-likeness (QED) is 0.718. The maximum atomic E-state index is 5.39. The molecule has 0 amide bonds. The number of rotatable bonds is 6. The van der Waals surface area contributed by atoms with Gasteiger partial charge in [0.15, 0.2) is 0 Å². The van der Waals surface area contributed by atoms with Crippen molar-refractivity contribution >= 4 is 0 Å². The average molecular weight is 239 g/mol. The van der Waals surface area contributed by atoms with Crippen LogP contribution in [0.5, 0.6) is 0 Å². The number of hydrogen-bond donors (Lipinski definition) is 1. The monoisotopic (exact) mass is 239 g/mol. The molecule has 1 saturated heterocycles. The van der Waals surface area contributed by atoms with Crippen LogP contribution in [0.1, 0.15) is 58.3 Å². The van der Waals surface area contributed by atoms with E-state index in [1.165, 1.54) is 57.9 Å². The van der Waals surface area contributed by atoms with Crippen molar-refractivity contribution in [2.24, 2.45) is 11.8 Å².